The first-order valence-corrected chi connectivity index (χ1v) is 49.5. The summed E-state index contributed by atoms with van der Waals surface area (Å²) < 4.78 is 121. The van der Waals surface area contributed by atoms with E-state index in [1.807, 2.05) is 133 Å². The normalized spacial score (nSPS) is 25.5. The number of imidazole rings is 3. The van der Waals surface area contributed by atoms with Gasteiger partial charge in [-0.15, -0.1) is 0 Å². The molecule has 132 heavy (non-hydrogen) atoms. The number of amidine groups is 3. The Morgan fingerprint density at radius 2 is 0.788 bits per heavy atom. The maximum Gasteiger partial charge on any atom is 0.509 e. The topological polar surface area (TPSA) is 573 Å². The number of aliphatic hydroxyl groups is 3. The molecule has 15 atom stereocenters. The second kappa shape index (κ2) is 44.1. The number of aliphatic hydroxyl groups excluding tert-OH is 2. The minimum absolute atomic E-state index is 0.00632. The lowest BCUT2D eigenvalue weighted by molar-refractivity contribution is -0.120. The fourth-order valence-electron chi connectivity index (χ4n) is 14.1. The van der Waals surface area contributed by atoms with E-state index in [-0.39, 0.29) is 181 Å². The highest BCUT2D eigenvalue weighted by molar-refractivity contribution is 8.14. The number of nitrogens with two attached hydrogens (primary N) is 3. The lowest BCUT2D eigenvalue weighted by Gasteiger charge is -2.28. The number of hydrogen-bond donors (Lipinski definition) is 9. The van der Waals surface area contributed by atoms with E-state index in [1.165, 1.54) is 39.6 Å². The minimum atomic E-state index is -4.02. The van der Waals surface area contributed by atoms with E-state index < -0.39 is 131 Å². The van der Waals surface area contributed by atoms with Crippen molar-refractivity contribution in [1.82, 2.24) is 43.9 Å². The van der Waals surface area contributed by atoms with E-state index in [4.69, 9.17) is 77.5 Å². The van der Waals surface area contributed by atoms with Crippen LogP contribution < -0.4 is 32.5 Å². The Morgan fingerprint density at radius 3 is 1.10 bits per heavy atom. The number of benzene rings is 3. The Hall–Kier alpha value is -8.47. The predicted molar refractivity (Wildman–Crippen MR) is 487 cm³/mol. The van der Waals surface area contributed by atoms with Crippen molar-refractivity contribution in [2.45, 2.75) is 200 Å². The van der Waals surface area contributed by atoms with Crippen LogP contribution in [0.15, 0.2) is 125 Å². The second-order valence-corrected chi connectivity index (χ2v) is 42.4. The van der Waals surface area contributed by atoms with E-state index in [0.717, 1.165) is 52.0 Å². The molecule has 42 nitrogen and oxygen atoms in total. The van der Waals surface area contributed by atoms with Crippen LogP contribution in [0.4, 0.5) is 27.0 Å². The Bertz CT molecular complexity index is 5190. The lowest BCUT2D eigenvalue weighted by Crippen LogP contribution is -2.44. The predicted octanol–water partition coefficient (Wildman–Crippen LogP) is 9.47. The number of aliphatic imine (C=N–C) groups is 3. The standard InChI is InChI=1S/C28H36N5O9PS.C27H34N5O10PS.C27H38N5O8PS.B2/c1-5-27(2,3)25(35)44-12-11-38-43(37,31-14-17-9-7-6-8-10-17)39-15-19-22-28(4,42-26(36)41-22)24(40-19)33-16-30-21-18(34)13-20(29)32-23(21)33;1-26(2,14-33)24(35)44-10-9-38-43(37,30-12-16-7-5-4-6-8-16)39-13-18-21-27(3,42-25(36)41-21)23(40-18)32-15-29-20-17(34)11-19(28)31-22(20)32;1-5-26(2,3)25(35)42-12-11-38-41(37,30-14-17-9-7-6-8-10-17)39-15-19-22(34)27(4,36)24(40-19)32-16-29-21-18(33)13-20(28)31-23(21)32;1-2/h6-10,16,19,22,24H,5,11-15H2,1-4H3,(H2,29,32)(H,31,37);4-8,15,18,21,23,33H,9-14H2,1-3H3,(H2,28,31)(H,30,37);6-10,16,19,22,24,34,36H,5,11-15H2,1-4H3,(H2,28,31)(H,30,37);/t19-,22+,24-,28?,43?;18-,21+,23-,27?,43?;19-,22+,24-,27?,41?;/m111./s1. The van der Waals surface area contributed by atoms with Crippen LogP contribution in [0.2, 0.25) is 0 Å². The fraction of sp³-hybridized carbons (Fsp3) is 0.537. The molecule has 5 fully saturated rings. The molecule has 3 aromatic heterocycles. The van der Waals surface area contributed by atoms with Gasteiger partial charge in [0, 0.05) is 63.2 Å². The fourth-order valence-corrected chi connectivity index (χ4v) is 21.0. The van der Waals surface area contributed by atoms with Crippen molar-refractivity contribution < 1.29 is 128 Å². The first-order chi connectivity index (χ1) is 62.5. The summed E-state index contributed by atoms with van der Waals surface area (Å²) in [7, 11) is -3.97. The molecule has 5 saturated heterocycles. The van der Waals surface area contributed by atoms with Gasteiger partial charge in [-0.3, -0.25) is 69.6 Å². The van der Waals surface area contributed by atoms with Gasteiger partial charge in [0.1, 0.15) is 47.5 Å². The van der Waals surface area contributed by atoms with Crippen LogP contribution >= 0.6 is 58.5 Å². The Balaban J connectivity index is 0.000000189. The third-order valence-electron chi connectivity index (χ3n) is 22.6. The van der Waals surface area contributed by atoms with Crippen LogP contribution in [0.1, 0.15) is 175 Å². The number of aromatic nitrogens is 6. The van der Waals surface area contributed by atoms with Gasteiger partial charge in [-0.2, -0.15) is 0 Å². The van der Waals surface area contributed by atoms with Crippen LogP contribution in [0.25, 0.3) is 0 Å². The number of hydrogen-bond acceptors (Lipinski definition) is 39. The average Bonchev–Trinajstić information content (AvgIpc) is 1.57. The summed E-state index contributed by atoms with van der Waals surface area (Å²) in [5.41, 5.74) is 13.8. The molecule has 8 aliphatic heterocycles. The van der Waals surface area contributed by atoms with Crippen molar-refractivity contribution in [3.05, 3.63) is 144 Å². The summed E-state index contributed by atoms with van der Waals surface area (Å²) in [6, 6.07) is 27.7. The van der Waals surface area contributed by atoms with Gasteiger partial charge in [-0.1, -0.05) is 168 Å². The summed E-state index contributed by atoms with van der Waals surface area (Å²) in [5, 5.41) is 39.9. The number of Topliss-reactive ketones (excluding diaryl/α,β-unsaturated/α-hetero) is 3. The van der Waals surface area contributed by atoms with Gasteiger partial charge in [0.05, 0.1) is 89.9 Å². The quantitative estimate of drug-likeness (QED) is 0.00750. The molecule has 712 valence electrons. The number of ether oxygens (including phenoxy) is 7. The number of carbonyl (C=O) groups is 8. The van der Waals surface area contributed by atoms with Crippen LogP contribution in [0.5, 0.6) is 0 Å². The number of ketones is 3. The third kappa shape index (κ3) is 24.7. The van der Waals surface area contributed by atoms with Crippen LogP contribution in [0.3, 0.4) is 0 Å². The molecule has 6 aromatic rings. The van der Waals surface area contributed by atoms with Crippen molar-refractivity contribution in [2.75, 3.05) is 63.5 Å². The first kappa shape index (κ1) is 104. The van der Waals surface area contributed by atoms with Gasteiger partial charge >= 0.3 is 35.6 Å². The van der Waals surface area contributed by atoms with Crippen LogP contribution in [0, 0.1) is 16.2 Å². The van der Waals surface area contributed by atoms with Gasteiger partial charge in [-0.05, 0) is 64.2 Å². The molecule has 11 heterocycles. The van der Waals surface area contributed by atoms with Crippen molar-refractivity contribution >= 4 is 154 Å². The maximum absolute atomic E-state index is 13.9. The molecule has 12 N–H and O–H groups in total. The summed E-state index contributed by atoms with van der Waals surface area (Å²) >= 11 is 3.16. The molecule has 0 spiro atoms. The molecule has 0 amide bonds. The molecule has 0 aliphatic carbocycles. The van der Waals surface area contributed by atoms with Gasteiger partial charge < -0.3 is 65.7 Å². The Kier molecular flexibility index (Phi) is 34.8. The van der Waals surface area contributed by atoms with E-state index >= 15 is 0 Å². The monoisotopic (exact) mass is 1950 g/mol. The van der Waals surface area contributed by atoms with E-state index in [9.17, 15) is 67.4 Å². The third-order valence-corrected chi connectivity index (χ3v) is 30.8. The van der Waals surface area contributed by atoms with E-state index in [2.05, 4.69) is 60.7 Å². The van der Waals surface area contributed by atoms with Gasteiger partial charge in [0.2, 0.25) is 0 Å². The van der Waals surface area contributed by atoms with Gasteiger partial charge in [0.25, 0.3) is 0 Å². The van der Waals surface area contributed by atoms with Crippen LogP contribution in [-0.2, 0) is 108 Å². The van der Waals surface area contributed by atoms with Crippen molar-refractivity contribution in [2.24, 2.45) is 48.4 Å². The van der Waals surface area contributed by atoms with Crippen LogP contribution in [-0.4, -0.2) is 239 Å². The number of carbonyl (C=O) groups excluding carboxylic acids is 8. The highest BCUT2D eigenvalue weighted by Gasteiger charge is 2.67. The molecule has 14 rings (SSSR count). The van der Waals surface area contributed by atoms with Crippen molar-refractivity contribution in [3.8, 4) is 0 Å². The number of rotatable bonds is 39. The van der Waals surface area contributed by atoms with E-state index in [1.54, 1.807) is 27.7 Å². The maximum atomic E-state index is 13.9. The van der Waals surface area contributed by atoms with Gasteiger partial charge in [-0.25, -0.2) is 68.5 Å². The number of nitrogens with zero attached hydrogens (tertiary/aromatic N) is 9. The zero-order chi connectivity index (χ0) is 96.1. The zero-order valence-corrected chi connectivity index (χ0v) is 79.6. The highest BCUT2D eigenvalue weighted by atomic mass is 32.2. The average molecular weight is 1950 g/mol. The second-order valence-electron chi connectivity index (χ2n) is 33.7. The summed E-state index contributed by atoms with van der Waals surface area (Å²) in [6.07, 6.45) is -6.45. The summed E-state index contributed by atoms with van der Waals surface area (Å²) in [4.78, 5) is 124. The summed E-state index contributed by atoms with van der Waals surface area (Å²) in [6.45, 7) is 18.1. The number of fused-ring (bicyclic) bond motifs is 5. The first-order valence-electron chi connectivity index (χ1n) is 41.9. The molecule has 6 unspecified atom stereocenters. The van der Waals surface area contributed by atoms with E-state index in [0.29, 0.717) is 12.8 Å². The Morgan fingerprint density at radius 1 is 0.492 bits per heavy atom. The minimum Gasteiger partial charge on any atom is -0.424 e. The molecule has 0 saturated carbocycles. The Labute approximate surface area is 776 Å². The molecular formula is C82H108B2N15O27P3S3. The molecule has 8 aliphatic rings. The van der Waals surface area contributed by atoms with Crippen molar-refractivity contribution in [1.29, 1.82) is 0 Å². The zero-order valence-electron chi connectivity index (χ0n) is 74.4. The molecular weight excluding hydrogens is 1840 g/mol. The largest absolute Gasteiger partial charge is 0.509 e. The molecule has 3 aromatic carbocycles. The smallest absolute Gasteiger partial charge is 0.424 e. The summed E-state index contributed by atoms with van der Waals surface area (Å²) in [5.74, 6) is 0.497. The van der Waals surface area contributed by atoms with Crippen molar-refractivity contribution in [3.63, 3.8) is 0 Å². The molecule has 0 bridgehead atoms. The number of thioether (sulfide) groups is 3. The highest BCUT2D eigenvalue weighted by Crippen LogP contribution is 2.55. The molecule has 50 heteroatoms. The molecule has 4 radical (unpaired) electrons. The number of nitrogens with one attached hydrogen (secondary N) is 3. The lowest BCUT2D eigenvalue weighted by atomic mass is 9.81. The van der Waals surface area contributed by atoms with Gasteiger partial charge in [0.15, 0.2) is 109 Å². The SMILES string of the molecule is CC(C)(CO)C(=O)SCCOP(=O)(NCc1ccccc1)OC[C@H]1O[C@@H](n2cnc3c2N=C(N)CC3=O)C2(C)OC(=O)O[C@@H]12.CCC(C)(C)C(=O)SCCOP(=O)(NCc1ccccc1)OC[C@H]1O[C@@H](n2cnc3c2N=C(N)CC3=O)C(C)(O)[C@H]1O.CCC(C)(C)C(=O)SCCOP(=O)(NCc1ccccc1)OC[C@H]1O[C@@H](n2cnc3c2N=C(N)CC3=O)C2(C)OC(=O)O[C@@H]12.[B][B].